The van der Waals surface area contributed by atoms with Gasteiger partial charge in [0.25, 0.3) is 0 Å². The van der Waals surface area contributed by atoms with Crippen LogP contribution in [0.25, 0.3) is 0 Å². The lowest BCUT2D eigenvalue weighted by molar-refractivity contribution is -0.154. The average molecular weight is 578 g/mol. The topological polar surface area (TPSA) is 87.2 Å². The minimum atomic E-state index is -0.778. The number of rotatable bonds is 12. The first-order chi connectivity index (χ1) is 17.4. The Morgan fingerprint density at radius 2 is 2.03 bits per heavy atom. The molecule has 0 saturated carbocycles. The van der Waals surface area contributed by atoms with Gasteiger partial charge in [0.1, 0.15) is 6.04 Å². The van der Waals surface area contributed by atoms with Crippen LogP contribution in [0.3, 0.4) is 0 Å². The molecule has 3 aliphatic heterocycles. The van der Waals surface area contributed by atoms with Crippen LogP contribution in [-0.4, -0.2) is 79.9 Å². The lowest BCUT2D eigenvalue weighted by atomic mass is 9.71. The molecule has 36 heavy (non-hydrogen) atoms. The Balaban J connectivity index is 1.66. The number of aliphatic hydroxyl groups is 1. The van der Waals surface area contributed by atoms with Crippen LogP contribution in [0, 0.1) is 11.8 Å². The van der Waals surface area contributed by atoms with Crippen LogP contribution in [0.15, 0.2) is 55.6 Å². The number of unbranched alkanes of at least 4 members (excludes halogenated alkanes) is 1. The van der Waals surface area contributed by atoms with E-state index < -0.39 is 22.6 Å². The van der Waals surface area contributed by atoms with Gasteiger partial charge in [-0.05, 0) is 24.8 Å². The van der Waals surface area contributed by atoms with Crippen molar-refractivity contribution in [1.82, 2.24) is 9.80 Å². The molecule has 1 spiro atoms. The van der Waals surface area contributed by atoms with E-state index in [2.05, 4.69) is 29.1 Å². The number of carbonyl (C=O) groups is 3. The van der Waals surface area contributed by atoms with Crippen molar-refractivity contribution in [1.29, 1.82) is 0 Å². The van der Waals surface area contributed by atoms with E-state index in [4.69, 9.17) is 4.74 Å². The summed E-state index contributed by atoms with van der Waals surface area (Å²) in [5.74, 6) is -2.11. The molecule has 194 valence electrons. The van der Waals surface area contributed by atoms with Gasteiger partial charge in [-0.3, -0.25) is 14.4 Å². The highest BCUT2D eigenvalue weighted by Gasteiger charge is 2.76. The summed E-state index contributed by atoms with van der Waals surface area (Å²) in [6, 6.07) is 8.91. The quantitative estimate of drug-likeness (QED) is 0.178. The highest BCUT2D eigenvalue weighted by Crippen LogP contribution is 2.68. The maximum absolute atomic E-state index is 14.2. The molecule has 9 heteroatoms. The first kappa shape index (κ1) is 26.9. The molecule has 6 atom stereocenters. The normalized spacial score (nSPS) is 30.2. The Morgan fingerprint density at radius 1 is 1.28 bits per heavy atom. The molecule has 2 amide bonds. The van der Waals surface area contributed by atoms with Gasteiger partial charge in [-0.1, -0.05) is 58.4 Å². The van der Waals surface area contributed by atoms with Crippen molar-refractivity contribution in [2.75, 3.05) is 26.3 Å². The molecule has 0 radical (unpaired) electrons. The standard InChI is InChI=1S/C27H33BrN2O5S/c1-3-5-9-15-35-26(34)20-21-24(32)30(13-14-31)23(27(21)16-19(28)22(20)36-27)25(33)29(12-4-2)17-18-10-7-6-8-11-18/h3-4,6-8,10-11,19-23,31H,1-2,5,9,12-17H2/t19?,20-,21+,22-,23?,27?/m1/s1. The van der Waals surface area contributed by atoms with Crippen molar-refractivity contribution in [3.8, 4) is 0 Å². The summed E-state index contributed by atoms with van der Waals surface area (Å²) in [7, 11) is 0. The van der Waals surface area contributed by atoms with Crippen LogP contribution >= 0.6 is 27.7 Å². The van der Waals surface area contributed by atoms with Crippen LogP contribution in [0.5, 0.6) is 0 Å². The number of nitrogens with zero attached hydrogens (tertiary/aromatic N) is 2. The lowest BCUT2D eigenvalue weighted by Crippen LogP contribution is -2.55. The van der Waals surface area contributed by atoms with Crippen molar-refractivity contribution in [2.45, 2.75) is 46.7 Å². The predicted octanol–water partition coefficient (Wildman–Crippen LogP) is 3.17. The zero-order valence-corrected chi connectivity index (χ0v) is 22.7. The number of carbonyl (C=O) groups excluding carboxylic acids is 3. The molecular formula is C27H33BrN2O5S. The van der Waals surface area contributed by atoms with Crippen molar-refractivity contribution in [3.05, 3.63) is 61.2 Å². The fourth-order valence-corrected chi connectivity index (χ4v) is 9.48. The van der Waals surface area contributed by atoms with E-state index in [9.17, 15) is 19.5 Å². The second-order valence-corrected chi connectivity index (χ2v) is 12.2. The third-order valence-electron chi connectivity index (χ3n) is 7.31. The summed E-state index contributed by atoms with van der Waals surface area (Å²) in [6.07, 6.45) is 5.46. The highest BCUT2D eigenvalue weighted by atomic mass is 79.9. The Bertz CT molecular complexity index is 1010. The molecule has 4 rings (SSSR count). The number of ether oxygens (including phenoxy) is 1. The first-order valence-electron chi connectivity index (χ1n) is 12.3. The van der Waals surface area contributed by atoms with Crippen molar-refractivity contribution in [2.24, 2.45) is 11.8 Å². The molecule has 3 unspecified atom stereocenters. The number of allylic oxidation sites excluding steroid dienone is 1. The highest BCUT2D eigenvalue weighted by molar-refractivity contribution is 9.09. The van der Waals surface area contributed by atoms with Crippen LogP contribution in [0.2, 0.25) is 0 Å². The van der Waals surface area contributed by atoms with E-state index in [-0.39, 0.29) is 47.6 Å². The molecule has 3 heterocycles. The van der Waals surface area contributed by atoms with Crippen LogP contribution < -0.4 is 0 Å². The smallest absolute Gasteiger partial charge is 0.310 e. The van der Waals surface area contributed by atoms with E-state index in [1.165, 1.54) is 4.90 Å². The summed E-state index contributed by atoms with van der Waals surface area (Å²) >= 11 is 5.31. The second-order valence-electron chi connectivity index (χ2n) is 9.51. The van der Waals surface area contributed by atoms with Gasteiger partial charge in [0.15, 0.2) is 0 Å². The Kier molecular flexibility index (Phi) is 8.63. The van der Waals surface area contributed by atoms with Gasteiger partial charge in [0.2, 0.25) is 11.8 Å². The van der Waals surface area contributed by atoms with Gasteiger partial charge >= 0.3 is 5.97 Å². The lowest BCUT2D eigenvalue weighted by Gasteiger charge is -2.37. The van der Waals surface area contributed by atoms with Gasteiger partial charge in [0.05, 0.1) is 29.8 Å². The first-order valence-corrected chi connectivity index (χ1v) is 14.1. The number of thioether (sulfide) groups is 1. The number of halogens is 1. The molecule has 1 aromatic carbocycles. The minimum absolute atomic E-state index is 0.0244. The van der Waals surface area contributed by atoms with Gasteiger partial charge < -0.3 is 19.6 Å². The number of likely N-dealkylation sites (tertiary alicyclic amines) is 1. The molecule has 3 aliphatic rings. The van der Waals surface area contributed by atoms with E-state index >= 15 is 0 Å². The SMILES string of the molecule is C=CCCCOC(=O)[C@H]1[C@@H]2SC3(CC2Br)C(C(=O)N(CC=C)Cc2ccccc2)N(CCO)C(=O)[C@H]13. The Morgan fingerprint density at radius 3 is 2.69 bits per heavy atom. The summed E-state index contributed by atoms with van der Waals surface area (Å²) in [4.78, 5) is 44.4. The number of esters is 1. The Hall–Kier alpha value is -2.10. The summed E-state index contributed by atoms with van der Waals surface area (Å²) in [5, 5.41) is 9.64. The number of aliphatic hydroxyl groups excluding tert-OH is 1. The zero-order valence-electron chi connectivity index (χ0n) is 20.3. The third-order valence-corrected chi connectivity index (χ3v) is 10.5. The molecule has 2 bridgehead atoms. The fourth-order valence-electron chi connectivity index (χ4n) is 5.89. The van der Waals surface area contributed by atoms with Gasteiger partial charge in [-0.2, -0.15) is 0 Å². The van der Waals surface area contributed by atoms with E-state index in [1.54, 1.807) is 28.8 Å². The van der Waals surface area contributed by atoms with Gasteiger partial charge in [0, 0.05) is 29.7 Å². The minimum Gasteiger partial charge on any atom is -0.465 e. The maximum atomic E-state index is 14.2. The molecule has 0 aromatic heterocycles. The largest absolute Gasteiger partial charge is 0.465 e. The number of fused-ring (bicyclic) bond motifs is 1. The molecule has 3 saturated heterocycles. The summed E-state index contributed by atoms with van der Waals surface area (Å²) in [6.45, 7) is 8.27. The molecule has 3 fully saturated rings. The van der Waals surface area contributed by atoms with E-state index in [0.717, 1.165) is 12.0 Å². The molecule has 1 aromatic rings. The number of amides is 2. The maximum Gasteiger partial charge on any atom is 0.310 e. The monoisotopic (exact) mass is 576 g/mol. The third kappa shape index (κ3) is 4.77. The van der Waals surface area contributed by atoms with Crippen LogP contribution in [-0.2, 0) is 25.7 Å². The Labute approximate surface area is 225 Å². The molecule has 0 aliphatic carbocycles. The molecule has 1 N–H and O–H groups in total. The van der Waals surface area contributed by atoms with Crippen molar-refractivity contribution < 1.29 is 24.2 Å². The summed E-state index contributed by atoms with van der Waals surface area (Å²) in [5.41, 5.74) is 0.975. The number of alkyl halides is 1. The summed E-state index contributed by atoms with van der Waals surface area (Å²) < 4.78 is 4.83. The van der Waals surface area contributed by atoms with E-state index in [1.807, 2.05) is 30.3 Å². The van der Waals surface area contributed by atoms with Crippen molar-refractivity contribution in [3.63, 3.8) is 0 Å². The van der Waals surface area contributed by atoms with Crippen molar-refractivity contribution >= 4 is 45.5 Å². The fraction of sp³-hybridized carbons (Fsp3) is 0.519. The zero-order chi connectivity index (χ0) is 25.9. The van der Waals surface area contributed by atoms with Crippen LogP contribution in [0.1, 0.15) is 24.8 Å². The number of hydrogen-bond acceptors (Lipinski definition) is 6. The predicted molar refractivity (Wildman–Crippen MR) is 143 cm³/mol. The average Bonchev–Trinajstić information content (AvgIpc) is 3.46. The number of benzene rings is 1. The van der Waals surface area contributed by atoms with Gasteiger partial charge in [-0.15, -0.1) is 24.9 Å². The number of β-amino-alcohol motifs (C(OH)–C–C–N with tert-alkyl or cyclic N) is 1. The molecular weight excluding hydrogens is 544 g/mol. The number of hydrogen-bond donors (Lipinski definition) is 1. The molecule has 7 nitrogen and oxygen atoms in total. The van der Waals surface area contributed by atoms with Gasteiger partial charge in [-0.25, -0.2) is 0 Å². The van der Waals surface area contributed by atoms with Crippen LogP contribution in [0.4, 0.5) is 0 Å². The van der Waals surface area contributed by atoms with E-state index in [0.29, 0.717) is 25.9 Å². The second kappa shape index (κ2) is 11.5.